The molecule has 1 heterocycles. The summed E-state index contributed by atoms with van der Waals surface area (Å²) in [6.07, 6.45) is 7.98. The second-order valence-electron chi connectivity index (χ2n) is 6.21. The molecule has 0 aromatic heterocycles. The van der Waals surface area contributed by atoms with E-state index in [0.717, 1.165) is 25.4 Å². The van der Waals surface area contributed by atoms with Gasteiger partial charge in [0.2, 0.25) is 0 Å². The Bertz CT molecular complexity index is 440. The zero-order valence-corrected chi connectivity index (χ0v) is 12.5. The summed E-state index contributed by atoms with van der Waals surface area (Å²) < 4.78 is 5.55. The Balaban J connectivity index is 1.84. The fraction of sp³-hybridized carbons (Fsp3) is 0.647. The van der Waals surface area contributed by atoms with Crippen molar-refractivity contribution in [2.75, 3.05) is 31.6 Å². The molecule has 3 rings (SSSR count). The van der Waals surface area contributed by atoms with Gasteiger partial charge in [-0.25, -0.2) is 0 Å². The van der Waals surface area contributed by atoms with Gasteiger partial charge in [-0.05, 0) is 37.9 Å². The van der Waals surface area contributed by atoms with Crippen molar-refractivity contribution in [3.63, 3.8) is 0 Å². The van der Waals surface area contributed by atoms with Gasteiger partial charge >= 0.3 is 0 Å². The number of hydrogen-bond donors (Lipinski definition) is 1. The lowest BCUT2D eigenvalue weighted by molar-refractivity contribution is 0.246. The molecule has 2 aliphatic rings. The first-order valence-corrected chi connectivity index (χ1v) is 7.96. The molecule has 0 unspecified atom stereocenters. The first-order valence-electron chi connectivity index (χ1n) is 7.96. The van der Waals surface area contributed by atoms with Gasteiger partial charge in [-0.1, -0.05) is 31.4 Å². The van der Waals surface area contributed by atoms with E-state index in [4.69, 9.17) is 4.74 Å². The van der Waals surface area contributed by atoms with E-state index >= 15 is 0 Å². The average molecular weight is 274 g/mol. The highest BCUT2D eigenvalue weighted by molar-refractivity contribution is 5.58. The summed E-state index contributed by atoms with van der Waals surface area (Å²) in [6, 6.07) is 8.43. The maximum absolute atomic E-state index is 5.55. The monoisotopic (exact) mass is 274 g/mol. The highest BCUT2D eigenvalue weighted by Crippen LogP contribution is 2.34. The van der Waals surface area contributed by atoms with Crippen LogP contribution < -0.4 is 15.0 Å². The Kier molecular flexibility index (Phi) is 4.16. The Morgan fingerprint density at radius 1 is 1.10 bits per heavy atom. The van der Waals surface area contributed by atoms with Crippen molar-refractivity contribution in [3.05, 3.63) is 24.3 Å². The largest absolute Gasteiger partial charge is 0.495 e. The van der Waals surface area contributed by atoms with Gasteiger partial charge < -0.3 is 15.0 Å². The molecule has 110 valence electrons. The van der Waals surface area contributed by atoms with Crippen LogP contribution in [0.1, 0.15) is 38.5 Å². The molecular formula is C17H26N2O. The molecule has 3 nitrogen and oxygen atoms in total. The molecule has 1 aliphatic heterocycles. The van der Waals surface area contributed by atoms with Crippen LogP contribution in [0.5, 0.6) is 5.75 Å². The van der Waals surface area contributed by atoms with Crippen LogP contribution in [0.4, 0.5) is 5.69 Å². The Hall–Kier alpha value is -1.22. The fourth-order valence-corrected chi connectivity index (χ4v) is 3.78. The summed E-state index contributed by atoms with van der Waals surface area (Å²) in [4.78, 5) is 2.53. The molecule has 1 aromatic rings. The Morgan fingerprint density at radius 3 is 2.70 bits per heavy atom. The number of methoxy groups -OCH3 is 1. The van der Waals surface area contributed by atoms with Gasteiger partial charge in [0, 0.05) is 18.6 Å². The predicted molar refractivity (Wildman–Crippen MR) is 83.6 cm³/mol. The minimum absolute atomic E-state index is 0.329. The zero-order valence-electron chi connectivity index (χ0n) is 12.5. The van der Waals surface area contributed by atoms with Crippen LogP contribution in [0.2, 0.25) is 0 Å². The third-order valence-corrected chi connectivity index (χ3v) is 4.83. The van der Waals surface area contributed by atoms with E-state index in [9.17, 15) is 0 Å². The van der Waals surface area contributed by atoms with Gasteiger partial charge in [0.1, 0.15) is 5.75 Å². The second-order valence-corrected chi connectivity index (χ2v) is 6.21. The minimum Gasteiger partial charge on any atom is -0.495 e. The van der Waals surface area contributed by atoms with Crippen LogP contribution in [0, 0.1) is 0 Å². The molecule has 1 saturated carbocycles. The number of hydrogen-bond acceptors (Lipinski definition) is 3. The third kappa shape index (κ3) is 2.78. The lowest BCUT2D eigenvalue weighted by Crippen LogP contribution is -2.52. The lowest BCUT2D eigenvalue weighted by atomic mass is 9.81. The summed E-state index contributed by atoms with van der Waals surface area (Å²) in [7, 11) is 1.77. The number of nitrogens with zero attached hydrogens (tertiary/aromatic N) is 1. The molecule has 1 spiro atoms. The highest BCUT2D eigenvalue weighted by atomic mass is 16.5. The number of ether oxygens (including phenoxy) is 1. The van der Waals surface area contributed by atoms with E-state index in [-0.39, 0.29) is 0 Å². The highest BCUT2D eigenvalue weighted by Gasteiger charge is 2.35. The molecule has 0 atom stereocenters. The van der Waals surface area contributed by atoms with Crippen molar-refractivity contribution in [2.24, 2.45) is 0 Å². The molecule has 2 fully saturated rings. The van der Waals surface area contributed by atoms with E-state index in [1.807, 2.05) is 0 Å². The first-order chi connectivity index (χ1) is 9.83. The molecule has 1 aromatic carbocycles. The average Bonchev–Trinajstić information content (AvgIpc) is 2.71. The topological polar surface area (TPSA) is 24.5 Å². The van der Waals surface area contributed by atoms with Crippen molar-refractivity contribution in [1.82, 2.24) is 5.32 Å². The van der Waals surface area contributed by atoms with Crippen LogP contribution in [0.25, 0.3) is 0 Å². The summed E-state index contributed by atoms with van der Waals surface area (Å²) in [5.41, 5.74) is 1.58. The van der Waals surface area contributed by atoms with Crippen molar-refractivity contribution in [3.8, 4) is 5.75 Å². The molecular weight excluding hydrogens is 248 g/mol. The molecule has 0 bridgehead atoms. The number of rotatable bonds is 2. The molecule has 1 N–H and O–H groups in total. The van der Waals surface area contributed by atoms with Gasteiger partial charge in [-0.15, -0.1) is 0 Å². The van der Waals surface area contributed by atoms with Crippen LogP contribution in [-0.4, -0.2) is 32.3 Å². The molecule has 3 heteroatoms. The molecule has 0 amide bonds. The van der Waals surface area contributed by atoms with E-state index in [0.29, 0.717) is 5.54 Å². The van der Waals surface area contributed by atoms with Crippen LogP contribution in [-0.2, 0) is 0 Å². The maximum atomic E-state index is 5.55. The summed E-state index contributed by atoms with van der Waals surface area (Å²) >= 11 is 0. The summed E-state index contributed by atoms with van der Waals surface area (Å²) in [5.74, 6) is 1.00. The zero-order chi connectivity index (χ0) is 13.8. The van der Waals surface area contributed by atoms with Crippen LogP contribution in [0.15, 0.2) is 24.3 Å². The summed E-state index contributed by atoms with van der Waals surface area (Å²) in [6.45, 7) is 3.38. The second kappa shape index (κ2) is 6.04. The normalized spacial score (nSPS) is 22.6. The van der Waals surface area contributed by atoms with E-state index in [1.54, 1.807) is 7.11 Å². The molecule has 0 radical (unpaired) electrons. The van der Waals surface area contributed by atoms with Crippen LogP contribution in [0.3, 0.4) is 0 Å². The van der Waals surface area contributed by atoms with Gasteiger partial charge in [0.25, 0.3) is 0 Å². The lowest BCUT2D eigenvalue weighted by Gasteiger charge is -2.40. The quantitative estimate of drug-likeness (QED) is 0.896. The van der Waals surface area contributed by atoms with Crippen molar-refractivity contribution >= 4 is 5.69 Å². The van der Waals surface area contributed by atoms with E-state index < -0.39 is 0 Å². The first kappa shape index (κ1) is 13.7. The Morgan fingerprint density at radius 2 is 1.90 bits per heavy atom. The maximum Gasteiger partial charge on any atom is 0.142 e. The molecule has 1 aliphatic carbocycles. The number of nitrogens with one attached hydrogen (secondary N) is 1. The summed E-state index contributed by atoms with van der Waals surface area (Å²) in [5, 5.41) is 3.85. The van der Waals surface area contributed by atoms with Gasteiger partial charge in [-0.3, -0.25) is 0 Å². The van der Waals surface area contributed by atoms with E-state index in [2.05, 4.69) is 34.5 Å². The van der Waals surface area contributed by atoms with Gasteiger partial charge in [0.15, 0.2) is 0 Å². The molecule has 1 saturated heterocycles. The predicted octanol–water partition coefficient (Wildman–Crippen LogP) is 3.20. The van der Waals surface area contributed by atoms with Gasteiger partial charge in [-0.2, -0.15) is 0 Å². The molecule has 20 heavy (non-hydrogen) atoms. The van der Waals surface area contributed by atoms with Crippen molar-refractivity contribution < 1.29 is 4.74 Å². The standard InChI is InChI=1S/C17H26N2O/c1-20-16-9-4-3-8-15(16)19-13-7-12-18-17(14-19)10-5-2-6-11-17/h3-4,8-9,18H,2,5-7,10-14H2,1H3. The minimum atomic E-state index is 0.329. The third-order valence-electron chi connectivity index (χ3n) is 4.83. The van der Waals surface area contributed by atoms with Crippen molar-refractivity contribution in [2.45, 2.75) is 44.1 Å². The van der Waals surface area contributed by atoms with Gasteiger partial charge in [0.05, 0.1) is 12.8 Å². The smallest absolute Gasteiger partial charge is 0.142 e. The number of para-hydroxylation sites is 2. The number of anilines is 1. The van der Waals surface area contributed by atoms with Crippen LogP contribution >= 0.6 is 0 Å². The SMILES string of the molecule is COc1ccccc1N1CCCNC2(CCCCC2)C1. The van der Waals surface area contributed by atoms with E-state index in [1.165, 1.54) is 44.2 Å². The Labute approximate surface area is 122 Å². The fourth-order valence-electron chi connectivity index (χ4n) is 3.78. The van der Waals surface area contributed by atoms with Crippen molar-refractivity contribution in [1.29, 1.82) is 0 Å². The number of benzene rings is 1.